The van der Waals surface area contributed by atoms with E-state index in [2.05, 4.69) is 32.9 Å². The van der Waals surface area contributed by atoms with E-state index in [9.17, 15) is 0 Å². The lowest BCUT2D eigenvalue weighted by atomic mass is 10.3. The molecule has 17 heavy (non-hydrogen) atoms. The molecule has 3 nitrogen and oxygen atoms in total. The van der Waals surface area contributed by atoms with Gasteiger partial charge < -0.3 is 10.1 Å². The van der Waals surface area contributed by atoms with Gasteiger partial charge in [0, 0.05) is 18.8 Å². The first kappa shape index (κ1) is 12.2. The lowest BCUT2D eigenvalue weighted by molar-refractivity contribution is 0.479. The van der Waals surface area contributed by atoms with E-state index in [1.54, 1.807) is 6.20 Å². The summed E-state index contributed by atoms with van der Waals surface area (Å²) in [6.45, 7) is 2.88. The number of anilines is 1. The quantitative estimate of drug-likeness (QED) is 0.857. The predicted molar refractivity (Wildman–Crippen MR) is 77.6 cm³/mol. The molecule has 0 saturated carbocycles. The van der Waals surface area contributed by atoms with Crippen LogP contribution in [0.25, 0.3) is 0 Å². The van der Waals surface area contributed by atoms with Crippen molar-refractivity contribution in [3.63, 3.8) is 0 Å². The number of nitrogens with one attached hydrogen (secondary N) is 1. The summed E-state index contributed by atoms with van der Waals surface area (Å²) in [6.07, 6.45) is 1.74. The van der Waals surface area contributed by atoms with E-state index in [4.69, 9.17) is 4.74 Å². The summed E-state index contributed by atoms with van der Waals surface area (Å²) in [7, 11) is 0. The van der Waals surface area contributed by atoms with Crippen molar-refractivity contribution in [2.45, 2.75) is 6.92 Å². The van der Waals surface area contributed by atoms with Gasteiger partial charge >= 0.3 is 0 Å². The Labute approximate surface area is 114 Å². The zero-order valence-electron chi connectivity index (χ0n) is 9.48. The van der Waals surface area contributed by atoms with Gasteiger partial charge in [0.05, 0.1) is 3.57 Å². The molecule has 0 aliphatic rings. The van der Waals surface area contributed by atoms with E-state index in [0.29, 0.717) is 0 Å². The van der Waals surface area contributed by atoms with Crippen LogP contribution in [0.1, 0.15) is 6.92 Å². The van der Waals surface area contributed by atoms with Crippen LogP contribution in [0.15, 0.2) is 42.6 Å². The maximum absolute atomic E-state index is 5.81. The van der Waals surface area contributed by atoms with E-state index >= 15 is 0 Å². The molecule has 0 saturated heterocycles. The molecule has 0 aliphatic heterocycles. The highest BCUT2D eigenvalue weighted by Gasteiger charge is 2.02. The van der Waals surface area contributed by atoms with Gasteiger partial charge in [0.1, 0.15) is 17.3 Å². The second-order valence-electron chi connectivity index (χ2n) is 3.44. The monoisotopic (exact) mass is 340 g/mol. The second-order valence-corrected chi connectivity index (χ2v) is 4.60. The van der Waals surface area contributed by atoms with Crippen molar-refractivity contribution in [1.82, 2.24) is 4.98 Å². The zero-order valence-corrected chi connectivity index (χ0v) is 11.6. The zero-order chi connectivity index (χ0) is 12.1. The Balaban J connectivity index is 2.18. The number of nitrogens with zero attached hydrogens (tertiary/aromatic N) is 1. The largest absolute Gasteiger partial charge is 0.456 e. The summed E-state index contributed by atoms with van der Waals surface area (Å²) < 4.78 is 6.90. The molecule has 0 radical (unpaired) electrons. The number of pyridine rings is 1. The second kappa shape index (κ2) is 5.86. The minimum absolute atomic E-state index is 0.792. The lowest BCUT2D eigenvalue weighted by Gasteiger charge is -2.08. The van der Waals surface area contributed by atoms with Crippen LogP contribution < -0.4 is 10.1 Å². The molecule has 0 amide bonds. The summed E-state index contributed by atoms with van der Waals surface area (Å²) in [5.74, 6) is 2.48. The van der Waals surface area contributed by atoms with Crippen molar-refractivity contribution in [3.8, 4) is 11.5 Å². The number of hydrogen-bond acceptors (Lipinski definition) is 3. The summed E-state index contributed by atoms with van der Waals surface area (Å²) in [4.78, 5) is 4.20. The molecule has 0 spiro atoms. The van der Waals surface area contributed by atoms with Gasteiger partial charge in [0.25, 0.3) is 0 Å². The number of rotatable bonds is 4. The van der Waals surface area contributed by atoms with Gasteiger partial charge in [0.15, 0.2) is 0 Å². The molecule has 1 aromatic heterocycles. The van der Waals surface area contributed by atoms with Gasteiger partial charge in [-0.05, 0) is 47.7 Å². The standard InChI is InChI=1S/C13H13IN2O/c1-2-15-13-9-10(7-8-16-13)17-12-6-4-3-5-11(12)14/h3-9H,2H2,1H3,(H,15,16). The van der Waals surface area contributed by atoms with Crippen LogP contribution in [0.5, 0.6) is 11.5 Å². The SMILES string of the molecule is CCNc1cc(Oc2ccccc2I)ccn1. The number of para-hydroxylation sites is 1. The Morgan fingerprint density at radius 2 is 2.12 bits per heavy atom. The highest BCUT2D eigenvalue weighted by atomic mass is 127. The summed E-state index contributed by atoms with van der Waals surface area (Å²) in [6, 6.07) is 11.7. The van der Waals surface area contributed by atoms with Crippen LogP contribution in [-0.2, 0) is 0 Å². The van der Waals surface area contributed by atoms with Gasteiger partial charge in [-0.2, -0.15) is 0 Å². The molecule has 0 unspecified atom stereocenters. The van der Waals surface area contributed by atoms with Gasteiger partial charge in [-0.3, -0.25) is 0 Å². The van der Waals surface area contributed by atoms with Crippen LogP contribution in [0.3, 0.4) is 0 Å². The van der Waals surface area contributed by atoms with Crippen LogP contribution in [0.2, 0.25) is 0 Å². The highest BCUT2D eigenvalue weighted by Crippen LogP contribution is 2.26. The average molecular weight is 340 g/mol. The van der Waals surface area contributed by atoms with E-state index in [0.717, 1.165) is 27.4 Å². The Morgan fingerprint density at radius 3 is 2.88 bits per heavy atom. The molecule has 0 aliphatic carbocycles. The number of hydrogen-bond donors (Lipinski definition) is 1. The van der Waals surface area contributed by atoms with Gasteiger partial charge in [-0.1, -0.05) is 12.1 Å². The van der Waals surface area contributed by atoms with Crippen molar-refractivity contribution >= 4 is 28.4 Å². The minimum atomic E-state index is 0.792. The third-order valence-electron chi connectivity index (χ3n) is 2.15. The third-order valence-corrected chi connectivity index (χ3v) is 3.04. The summed E-state index contributed by atoms with van der Waals surface area (Å²) in [5, 5.41) is 3.16. The van der Waals surface area contributed by atoms with Crippen LogP contribution in [0.4, 0.5) is 5.82 Å². The topological polar surface area (TPSA) is 34.1 Å². The maximum Gasteiger partial charge on any atom is 0.140 e. The minimum Gasteiger partial charge on any atom is -0.456 e. The van der Waals surface area contributed by atoms with E-state index in [-0.39, 0.29) is 0 Å². The Bertz CT molecular complexity index is 502. The fraction of sp³-hybridized carbons (Fsp3) is 0.154. The van der Waals surface area contributed by atoms with Crippen molar-refractivity contribution in [3.05, 3.63) is 46.2 Å². The Morgan fingerprint density at radius 1 is 1.29 bits per heavy atom. The fourth-order valence-electron chi connectivity index (χ4n) is 1.41. The first-order chi connectivity index (χ1) is 8.29. The Kier molecular flexibility index (Phi) is 4.19. The van der Waals surface area contributed by atoms with E-state index in [1.807, 2.05) is 43.3 Å². The molecular formula is C13H13IN2O. The maximum atomic E-state index is 5.81. The normalized spacial score (nSPS) is 10.0. The van der Waals surface area contributed by atoms with Gasteiger partial charge in [-0.25, -0.2) is 4.98 Å². The van der Waals surface area contributed by atoms with Crippen molar-refractivity contribution in [2.24, 2.45) is 0 Å². The Hall–Kier alpha value is -1.30. The molecule has 4 heteroatoms. The number of aromatic nitrogens is 1. The predicted octanol–water partition coefficient (Wildman–Crippen LogP) is 3.91. The molecule has 88 valence electrons. The smallest absolute Gasteiger partial charge is 0.140 e. The van der Waals surface area contributed by atoms with Crippen LogP contribution >= 0.6 is 22.6 Å². The molecule has 1 heterocycles. The van der Waals surface area contributed by atoms with Crippen molar-refractivity contribution in [1.29, 1.82) is 0 Å². The first-order valence-corrected chi connectivity index (χ1v) is 6.50. The molecule has 1 N–H and O–H groups in total. The van der Waals surface area contributed by atoms with Gasteiger partial charge in [-0.15, -0.1) is 0 Å². The fourth-order valence-corrected chi connectivity index (χ4v) is 1.90. The molecular weight excluding hydrogens is 327 g/mol. The number of benzene rings is 1. The molecule has 2 aromatic rings. The van der Waals surface area contributed by atoms with Gasteiger partial charge in [0.2, 0.25) is 0 Å². The summed E-state index contributed by atoms with van der Waals surface area (Å²) in [5.41, 5.74) is 0. The summed E-state index contributed by atoms with van der Waals surface area (Å²) >= 11 is 2.26. The molecule has 1 aromatic carbocycles. The number of ether oxygens (including phenoxy) is 1. The highest BCUT2D eigenvalue weighted by molar-refractivity contribution is 14.1. The third kappa shape index (κ3) is 3.33. The molecule has 2 rings (SSSR count). The van der Waals surface area contributed by atoms with Crippen molar-refractivity contribution < 1.29 is 4.74 Å². The molecule has 0 fully saturated rings. The first-order valence-electron chi connectivity index (χ1n) is 5.42. The molecule has 0 atom stereocenters. The van der Waals surface area contributed by atoms with E-state index < -0.39 is 0 Å². The number of halogens is 1. The average Bonchev–Trinajstić information content (AvgIpc) is 2.33. The molecule has 0 bridgehead atoms. The van der Waals surface area contributed by atoms with Crippen LogP contribution in [-0.4, -0.2) is 11.5 Å². The van der Waals surface area contributed by atoms with Crippen LogP contribution in [0, 0.1) is 3.57 Å². The van der Waals surface area contributed by atoms with Crippen molar-refractivity contribution in [2.75, 3.05) is 11.9 Å². The van der Waals surface area contributed by atoms with E-state index in [1.165, 1.54) is 0 Å². The lowest BCUT2D eigenvalue weighted by Crippen LogP contribution is -1.98.